The van der Waals surface area contributed by atoms with Crippen LogP contribution in [0.15, 0.2) is 42.6 Å². The fourth-order valence-electron chi connectivity index (χ4n) is 2.13. The van der Waals surface area contributed by atoms with Gasteiger partial charge in [-0.05, 0) is 23.8 Å². The van der Waals surface area contributed by atoms with Crippen LogP contribution >= 0.6 is 11.6 Å². The highest BCUT2D eigenvalue weighted by molar-refractivity contribution is 6.30. The van der Waals surface area contributed by atoms with Crippen LogP contribution < -0.4 is 10.1 Å². The summed E-state index contributed by atoms with van der Waals surface area (Å²) in [5, 5.41) is 3.17. The first-order valence-corrected chi connectivity index (χ1v) is 8.15. The predicted octanol–water partition coefficient (Wildman–Crippen LogP) is 2.40. The maximum atomic E-state index is 12.5. The lowest BCUT2D eigenvalue weighted by atomic mass is 10.1. The van der Waals surface area contributed by atoms with Crippen molar-refractivity contribution in [3.8, 4) is 5.88 Å². The summed E-state index contributed by atoms with van der Waals surface area (Å²) in [6.07, 6.45) is 1.45. The summed E-state index contributed by atoms with van der Waals surface area (Å²) < 4.78 is 15.1. The fraction of sp³-hybridized carbons (Fsp3) is 0.278. The molecule has 2 aromatic rings. The number of benzene rings is 1. The summed E-state index contributed by atoms with van der Waals surface area (Å²) in [5.41, 5.74) is 0.857. The molecule has 0 fully saturated rings. The Hall–Kier alpha value is -2.64. The maximum absolute atomic E-state index is 12.5. The van der Waals surface area contributed by atoms with Crippen LogP contribution in [0.3, 0.4) is 0 Å². The van der Waals surface area contributed by atoms with Gasteiger partial charge in [0.1, 0.15) is 6.61 Å². The minimum absolute atomic E-state index is 0.288. The third kappa shape index (κ3) is 5.44. The van der Waals surface area contributed by atoms with Crippen LogP contribution in [0.25, 0.3) is 0 Å². The van der Waals surface area contributed by atoms with Gasteiger partial charge in [0.05, 0.1) is 13.7 Å². The fourth-order valence-corrected chi connectivity index (χ4v) is 2.25. The maximum Gasteiger partial charge on any atom is 0.333 e. The topological polar surface area (TPSA) is 86.8 Å². The Kier molecular flexibility index (Phi) is 7.37. The van der Waals surface area contributed by atoms with Gasteiger partial charge in [-0.15, -0.1) is 0 Å². The molecule has 1 atom stereocenters. The minimum atomic E-state index is -0.962. The Morgan fingerprint density at radius 2 is 1.88 bits per heavy atom. The monoisotopic (exact) mass is 378 g/mol. The lowest BCUT2D eigenvalue weighted by molar-refractivity contribution is -0.143. The number of carbonyl (C=O) groups excluding carboxylic acids is 2. The van der Waals surface area contributed by atoms with Crippen LogP contribution in [0.1, 0.15) is 22.0 Å². The number of aromatic nitrogens is 1. The van der Waals surface area contributed by atoms with Gasteiger partial charge in [-0.1, -0.05) is 23.7 Å². The highest BCUT2D eigenvalue weighted by Crippen LogP contribution is 2.19. The Morgan fingerprint density at radius 3 is 2.54 bits per heavy atom. The van der Waals surface area contributed by atoms with Gasteiger partial charge in [-0.3, -0.25) is 4.79 Å². The van der Waals surface area contributed by atoms with E-state index in [1.807, 2.05) is 0 Å². The highest BCUT2D eigenvalue weighted by Gasteiger charge is 2.24. The summed E-state index contributed by atoms with van der Waals surface area (Å²) in [4.78, 5) is 28.7. The lowest BCUT2D eigenvalue weighted by Gasteiger charge is -2.17. The van der Waals surface area contributed by atoms with Gasteiger partial charge < -0.3 is 19.5 Å². The molecule has 8 heteroatoms. The predicted molar refractivity (Wildman–Crippen MR) is 95.3 cm³/mol. The molecule has 138 valence electrons. The first-order valence-electron chi connectivity index (χ1n) is 7.77. The SMILES string of the molecule is COCCOc1cc(C(=O)N[C@@H](C(=O)OC)c2ccc(Cl)cc2)ccn1. The average molecular weight is 379 g/mol. The van der Waals surface area contributed by atoms with Gasteiger partial charge in [-0.25, -0.2) is 9.78 Å². The molecule has 0 bridgehead atoms. The van der Waals surface area contributed by atoms with E-state index in [1.54, 1.807) is 31.4 Å². The molecule has 1 aromatic heterocycles. The first-order chi connectivity index (χ1) is 12.5. The van der Waals surface area contributed by atoms with E-state index in [9.17, 15) is 9.59 Å². The number of nitrogens with one attached hydrogen (secondary N) is 1. The number of ether oxygens (including phenoxy) is 3. The van der Waals surface area contributed by atoms with Crippen LogP contribution in [0.2, 0.25) is 5.02 Å². The number of halogens is 1. The Bertz CT molecular complexity index is 752. The van der Waals surface area contributed by atoms with Gasteiger partial charge in [0.15, 0.2) is 6.04 Å². The molecule has 1 N–H and O–H groups in total. The quantitative estimate of drug-likeness (QED) is 0.560. The normalized spacial score (nSPS) is 11.5. The third-order valence-corrected chi connectivity index (χ3v) is 3.70. The summed E-state index contributed by atoms with van der Waals surface area (Å²) >= 11 is 5.87. The molecule has 1 heterocycles. The molecule has 1 aromatic carbocycles. The number of esters is 1. The largest absolute Gasteiger partial charge is 0.475 e. The summed E-state index contributed by atoms with van der Waals surface area (Å²) in [5.74, 6) is -0.767. The van der Waals surface area contributed by atoms with E-state index in [-0.39, 0.29) is 5.88 Å². The second-order valence-corrected chi connectivity index (χ2v) is 5.64. The van der Waals surface area contributed by atoms with Crippen molar-refractivity contribution in [2.24, 2.45) is 0 Å². The molecule has 26 heavy (non-hydrogen) atoms. The van der Waals surface area contributed by atoms with Crippen molar-refractivity contribution in [3.63, 3.8) is 0 Å². The molecule has 0 spiro atoms. The van der Waals surface area contributed by atoms with Gasteiger partial charge in [0, 0.05) is 30.0 Å². The molecule has 0 unspecified atom stereocenters. The smallest absolute Gasteiger partial charge is 0.333 e. The highest BCUT2D eigenvalue weighted by atomic mass is 35.5. The molecule has 0 saturated carbocycles. The molecule has 0 aliphatic heterocycles. The van der Waals surface area contributed by atoms with Gasteiger partial charge in [-0.2, -0.15) is 0 Å². The minimum Gasteiger partial charge on any atom is -0.475 e. The van der Waals surface area contributed by atoms with Gasteiger partial charge in [0.25, 0.3) is 5.91 Å². The van der Waals surface area contributed by atoms with E-state index >= 15 is 0 Å². The molecule has 7 nitrogen and oxygen atoms in total. The number of pyridine rings is 1. The molecule has 0 aliphatic rings. The molecular formula is C18H19ClN2O5. The number of rotatable bonds is 8. The number of hydrogen-bond donors (Lipinski definition) is 1. The van der Waals surface area contributed by atoms with Crippen LogP contribution in [0, 0.1) is 0 Å². The Balaban J connectivity index is 2.15. The van der Waals surface area contributed by atoms with Gasteiger partial charge >= 0.3 is 5.97 Å². The third-order valence-electron chi connectivity index (χ3n) is 3.45. The van der Waals surface area contributed by atoms with Crippen molar-refractivity contribution in [3.05, 3.63) is 58.7 Å². The van der Waals surface area contributed by atoms with Crippen molar-refractivity contribution < 1.29 is 23.8 Å². The number of nitrogens with zero attached hydrogens (tertiary/aromatic N) is 1. The summed E-state index contributed by atoms with van der Waals surface area (Å²) in [6.45, 7) is 0.712. The van der Waals surface area contributed by atoms with E-state index in [2.05, 4.69) is 10.3 Å². The molecule has 0 radical (unpaired) electrons. The standard InChI is InChI=1S/C18H19ClN2O5/c1-24-9-10-26-15-11-13(7-8-20-15)17(22)21-16(18(23)25-2)12-3-5-14(19)6-4-12/h3-8,11,16H,9-10H2,1-2H3,(H,21,22)/t16-/m1/s1. The van der Waals surface area contributed by atoms with Crippen LogP contribution in [0.5, 0.6) is 5.88 Å². The molecule has 1 amide bonds. The number of methoxy groups -OCH3 is 2. The first kappa shape index (κ1) is 19.7. The van der Waals surface area contributed by atoms with Crippen LogP contribution in [-0.4, -0.2) is 44.3 Å². The van der Waals surface area contributed by atoms with E-state index in [1.165, 1.54) is 25.4 Å². The van der Waals surface area contributed by atoms with E-state index < -0.39 is 17.9 Å². The second-order valence-electron chi connectivity index (χ2n) is 5.21. The zero-order chi connectivity index (χ0) is 18.9. The van der Waals surface area contributed by atoms with Crippen molar-refractivity contribution in [2.45, 2.75) is 6.04 Å². The Labute approximate surface area is 156 Å². The van der Waals surface area contributed by atoms with Crippen molar-refractivity contribution >= 4 is 23.5 Å². The molecule has 2 rings (SSSR count). The average Bonchev–Trinajstić information content (AvgIpc) is 2.66. The number of carbonyl (C=O) groups is 2. The van der Waals surface area contributed by atoms with Crippen LogP contribution in [0.4, 0.5) is 0 Å². The summed E-state index contributed by atoms with van der Waals surface area (Å²) in [7, 11) is 2.82. The van der Waals surface area contributed by atoms with E-state index in [0.717, 1.165) is 0 Å². The van der Waals surface area contributed by atoms with Crippen molar-refractivity contribution in [1.29, 1.82) is 0 Å². The lowest BCUT2D eigenvalue weighted by Crippen LogP contribution is -2.34. The van der Waals surface area contributed by atoms with Crippen LogP contribution in [-0.2, 0) is 14.3 Å². The number of hydrogen-bond acceptors (Lipinski definition) is 6. The van der Waals surface area contributed by atoms with E-state index in [0.29, 0.717) is 29.4 Å². The second kappa shape index (κ2) is 9.74. The van der Waals surface area contributed by atoms with E-state index in [4.69, 9.17) is 25.8 Å². The zero-order valence-electron chi connectivity index (χ0n) is 14.4. The molecular weight excluding hydrogens is 360 g/mol. The molecule has 0 aliphatic carbocycles. The summed E-state index contributed by atoms with van der Waals surface area (Å²) in [6, 6.07) is 8.61. The van der Waals surface area contributed by atoms with Crippen molar-refractivity contribution in [2.75, 3.05) is 27.4 Å². The Morgan fingerprint density at radius 1 is 1.15 bits per heavy atom. The van der Waals surface area contributed by atoms with Gasteiger partial charge in [0.2, 0.25) is 5.88 Å². The number of amides is 1. The molecule has 0 saturated heterocycles. The van der Waals surface area contributed by atoms with Crippen molar-refractivity contribution in [1.82, 2.24) is 10.3 Å². The zero-order valence-corrected chi connectivity index (χ0v) is 15.2.